The van der Waals surface area contributed by atoms with Gasteiger partial charge in [0.1, 0.15) is 4.70 Å². The van der Waals surface area contributed by atoms with Crippen LogP contribution in [-0.2, 0) is 0 Å². The maximum atomic E-state index is 13.0. The number of rotatable bonds is 4. The second-order valence-corrected chi connectivity index (χ2v) is 7.60. The summed E-state index contributed by atoms with van der Waals surface area (Å²) in [7, 11) is 0. The number of nitrogens with zero attached hydrogens (tertiary/aromatic N) is 5. The van der Waals surface area contributed by atoms with Crippen molar-refractivity contribution in [2.24, 2.45) is 0 Å². The Balaban J connectivity index is 1.70. The van der Waals surface area contributed by atoms with E-state index in [-0.39, 0.29) is 11.9 Å². The number of anilines is 1. The minimum atomic E-state index is -0.0804. The minimum absolute atomic E-state index is 0.0351. The highest BCUT2D eigenvalue weighted by atomic mass is 32.1. The molecule has 7 nitrogen and oxygen atoms in total. The Labute approximate surface area is 155 Å². The van der Waals surface area contributed by atoms with E-state index < -0.39 is 0 Å². The van der Waals surface area contributed by atoms with Gasteiger partial charge in [0.25, 0.3) is 5.91 Å². The maximum absolute atomic E-state index is 13.0. The van der Waals surface area contributed by atoms with Crippen molar-refractivity contribution in [1.82, 2.24) is 24.8 Å². The highest BCUT2D eigenvalue weighted by Crippen LogP contribution is 2.27. The zero-order valence-electron chi connectivity index (χ0n) is 14.8. The lowest BCUT2D eigenvalue weighted by Gasteiger charge is -2.17. The number of fused-ring (bicyclic) bond motifs is 1. The fourth-order valence-corrected chi connectivity index (χ4v) is 3.95. The molecular weight excluding hydrogens is 348 g/mol. The lowest BCUT2D eigenvalue weighted by Crippen LogP contribution is -2.29. The molecule has 0 spiro atoms. The fourth-order valence-electron chi connectivity index (χ4n) is 3.11. The van der Waals surface area contributed by atoms with Gasteiger partial charge in [-0.2, -0.15) is 4.98 Å². The van der Waals surface area contributed by atoms with Gasteiger partial charge in [-0.1, -0.05) is 6.07 Å². The predicted molar refractivity (Wildman–Crippen MR) is 101 cm³/mol. The van der Waals surface area contributed by atoms with Crippen LogP contribution in [0.15, 0.2) is 24.4 Å². The summed E-state index contributed by atoms with van der Waals surface area (Å²) in [6.07, 6.45) is 3.84. The number of hydrogen-bond donors (Lipinski definition) is 1. The lowest BCUT2D eigenvalue weighted by molar-refractivity contribution is 0.0789. The van der Waals surface area contributed by atoms with Gasteiger partial charge >= 0.3 is 0 Å². The van der Waals surface area contributed by atoms with Gasteiger partial charge < -0.3 is 10.2 Å². The molecule has 0 bridgehead atoms. The first kappa shape index (κ1) is 16.8. The number of aryl methyl sites for hydroxylation is 1. The molecule has 1 aliphatic rings. The number of thiazole rings is 1. The predicted octanol–water partition coefficient (Wildman–Crippen LogP) is 3.20. The molecule has 4 rings (SSSR count). The Bertz CT molecular complexity index is 936. The van der Waals surface area contributed by atoms with Crippen LogP contribution in [0.1, 0.15) is 47.0 Å². The van der Waals surface area contributed by atoms with Gasteiger partial charge in [-0.05, 0) is 38.8 Å². The summed E-state index contributed by atoms with van der Waals surface area (Å²) < 4.78 is 0.760. The number of pyridine rings is 1. The van der Waals surface area contributed by atoms with Crippen LogP contribution < -0.4 is 5.32 Å². The molecule has 1 fully saturated rings. The highest BCUT2D eigenvalue weighted by molar-refractivity contribution is 7.18. The van der Waals surface area contributed by atoms with Crippen molar-refractivity contribution in [2.45, 2.75) is 32.7 Å². The Morgan fingerprint density at radius 3 is 2.77 bits per heavy atom. The third-order valence-corrected chi connectivity index (χ3v) is 5.40. The molecular formula is C18H20N6OS. The van der Waals surface area contributed by atoms with Crippen LogP contribution in [0.4, 0.5) is 5.95 Å². The zero-order valence-corrected chi connectivity index (χ0v) is 15.6. The van der Waals surface area contributed by atoms with E-state index in [0.717, 1.165) is 41.3 Å². The summed E-state index contributed by atoms with van der Waals surface area (Å²) >= 11 is 1.47. The van der Waals surface area contributed by atoms with Crippen LogP contribution >= 0.6 is 11.3 Å². The van der Waals surface area contributed by atoms with Crippen molar-refractivity contribution < 1.29 is 4.79 Å². The summed E-state index contributed by atoms with van der Waals surface area (Å²) in [6, 6.07) is 5.68. The van der Waals surface area contributed by atoms with Crippen LogP contribution in [0.3, 0.4) is 0 Å². The zero-order chi connectivity index (χ0) is 18.1. The quantitative estimate of drug-likeness (QED) is 0.761. The van der Waals surface area contributed by atoms with Crippen LogP contribution in [0.25, 0.3) is 10.3 Å². The van der Waals surface area contributed by atoms with E-state index in [0.29, 0.717) is 17.3 Å². The first-order valence-electron chi connectivity index (χ1n) is 8.74. The van der Waals surface area contributed by atoms with E-state index in [9.17, 15) is 4.79 Å². The molecule has 3 aromatic rings. The molecule has 3 aromatic heterocycles. The number of likely N-dealkylation sites (tertiary alicyclic amines) is 1. The number of amides is 1. The molecule has 134 valence electrons. The Morgan fingerprint density at radius 2 is 2.04 bits per heavy atom. The third-order valence-electron chi connectivity index (χ3n) is 4.43. The first-order valence-corrected chi connectivity index (χ1v) is 9.55. The summed E-state index contributed by atoms with van der Waals surface area (Å²) in [5.41, 5.74) is 1.90. The third kappa shape index (κ3) is 3.24. The fraction of sp³-hybridized carbons (Fsp3) is 0.389. The second kappa shape index (κ2) is 6.95. The summed E-state index contributed by atoms with van der Waals surface area (Å²) in [5.74, 6) is 0.371. The molecule has 0 unspecified atom stereocenters. The molecule has 8 heteroatoms. The van der Waals surface area contributed by atoms with E-state index >= 15 is 0 Å². The molecule has 0 saturated carbocycles. The van der Waals surface area contributed by atoms with Gasteiger partial charge in [0.2, 0.25) is 5.95 Å². The van der Waals surface area contributed by atoms with E-state index in [1.807, 2.05) is 36.9 Å². The van der Waals surface area contributed by atoms with Gasteiger partial charge in [0.15, 0.2) is 11.3 Å². The van der Waals surface area contributed by atoms with Crippen LogP contribution in [0, 0.1) is 6.92 Å². The summed E-state index contributed by atoms with van der Waals surface area (Å²) in [4.78, 5) is 32.7. The largest absolute Gasteiger partial charge is 0.346 e. The second-order valence-electron chi connectivity index (χ2n) is 6.40. The number of nitrogens with one attached hydrogen (secondary N) is 1. The van der Waals surface area contributed by atoms with Gasteiger partial charge in [0, 0.05) is 19.3 Å². The van der Waals surface area contributed by atoms with E-state index in [4.69, 9.17) is 0 Å². The Morgan fingerprint density at radius 1 is 1.23 bits per heavy atom. The summed E-state index contributed by atoms with van der Waals surface area (Å²) in [5, 5.41) is 4.13. The number of aromatic nitrogens is 4. The van der Waals surface area contributed by atoms with Gasteiger partial charge in [-0.3, -0.25) is 9.78 Å². The van der Waals surface area contributed by atoms with Gasteiger partial charge in [0.05, 0.1) is 16.7 Å². The van der Waals surface area contributed by atoms with Crippen molar-refractivity contribution in [3.05, 3.63) is 40.8 Å². The molecule has 0 aromatic carbocycles. The number of hydrogen-bond acceptors (Lipinski definition) is 7. The van der Waals surface area contributed by atoms with Crippen molar-refractivity contribution in [1.29, 1.82) is 0 Å². The van der Waals surface area contributed by atoms with Gasteiger partial charge in [-0.15, -0.1) is 11.3 Å². The monoisotopic (exact) mass is 368 g/mol. The highest BCUT2D eigenvalue weighted by Gasteiger charge is 2.25. The van der Waals surface area contributed by atoms with Crippen LogP contribution in [0.2, 0.25) is 0 Å². The molecule has 0 radical (unpaired) electrons. The van der Waals surface area contributed by atoms with Crippen molar-refractivity contribution in [2.75, 3.05) is 18.4 Å². The molecule has 4 heterocycles. The smallest absolute Gasteiger partial charge is 0.274 e. The summed E-state index contributed by atoms with van der Waals surface area (Å²) in [6.45, 7) is 5.48. The molecule has 1 aliphatic heterocycles. The number of carbonyl (C=O) groups is 1. The average molecular weight is 368 g/mol. The van der Waals surface area contributed by atoms with Crippen molar-refractivity contribution >= 4 is 33.5 Å². The first-order chi connectivity index (χ1) is 12.6. The van der Waals surface area contributed by atoms with Crippen LogP contribution in [-0.4, -0.2) is 43.8 Å². The molecule has 1 saturated heterocycles. The minimum Gasteiger partial charge on any atom is -0.346 e. The molecule has 26 heavy (non-hydrogen) atoms. The lowest BCUT2D eigenvalue weighted by atomic mass is 10.2. The van der Waals surface area contributed by atoms with Crippen LogP contribution in [0.5, 0.6) is 0 Å². The van der Waals surface area contributed by atoms with Crippen molar-refractivity contribution in [3.8, 4) is 0 Å². The Kier molecular flexibility index (Phi) is 4.50. The van der Waals surface area contributed by atoms with E-state index in [1.54, 1.807) is 6.20 Å². The van der Waals surface area contributed by atoms with E-state index in [2.05, 4.69) is 25.3 Å². The normalized spacial score (nSPS) is 15.4. The molecule has 1 N–H and O–H groups in total. The topological polar surface area (TPSA) is 83.9 Å². The van der Waals surface area contributed by atoms with E-state index in [1.165, 1.54) is 11.3 Å². The standard InChI is InChI=1S/C18H20N6OS/c1-11(13-7-3-4-8-19-13)20-18-22-14(17(25)24-9-5-6-10-24)15-16(23-18)21-12(2)26-15/h3-4,7-8,11H,5-6,9-10H2,1-2H3,(H,20,22,23)/t11-/m0/s1. The maximum Gasteiger partial charge on any atom is 0.274 e. The molecule has 0 aliphatic carbocycles. The Hall–Kier alpha value is -2.61. The molecule has 1 atom stereocenters. The molecule has 1 amide bonds. The average Bonchev–Trinajstić information content (AvgIpc) is 3.30. The number of carbonyl (C=O) groups excluding carboxylic acids is 1. The van der Waals surface area contributed by atoms with Crippen molar-refractivity contribution in [3.63, 3.8) is 0 Å². The SMILES string of the molecule is Cc1nc2nc(N[C@@H](C)c3ccccn3)nc(C(=O)N3CCCC3)c2s1. The van der Waals surface area contributed by atoms with Gasteiger partial charge in [-0.25, -0.2) is 9.97 Å².